The molecule has 157 valence electrons. The molecule has 0 aromatic carbocycles. The summed E-state index contributed by atoms with van der Waals surface area (Å²) in [6.07, 6.45) is 0.951. The number of aliphatic carboxylic acids is 3. The molecule has 28 heavy (non-hydrogen) atoms. The van der Waals surface area contributed by atoms with Crippen LogP contribution in [0, 0.1) is 17.8 Å². The summed E-state index contributed by atoms with van der Waals surface area (Å²) in [6, 6.07) is 0. The van der Waals surface area contributed by atoms with Crippen LogP contribution >= 0.6 is 0 Å². The molecule has 10 heteroatoms. The summed E-state index contributed by atoms with van der Waals surface area (Å²) in [5.41, 5.74) is 0. The molecule has 0 aromatic rings. The minimum absolute atomic E-state index is 0. The van der Waals surface area contributed by atoms with Crippen LogP contribution in [-0.2, 0) is 50.5 Å². The van der Waals surface area contributed by atoms with Crippen molar-refractivity contribution in [3.05, 3.63) is 0 Å². The van der Waals surface area contributed by atoms with Gasteiger partial charge in [-0.05, 0) is 40.0 Å². The molecule has 3 atom stereocenters. The van der Waals surface area contributed by atoms with E-state index < -0.39 is 35.7 Å². The Balaban J connectivity index is -0.000000152. The second kappa shape index (κ2) is 18.5. The minimum atomic E-state index is -1.27. The number of ketones is 3. The van der Waals surface area contributed by atoms with Crippen LogP contribution in [0.4, 0.5) is 0 Å². The number of Topliss-reactive ketones (excluding diaryl/α,β-unsaturated/α-hetero) is 3. The molecule has 0 aliphatic carbocycles. The molecule has 0 amide bonds. The van der Waals surface area contributed by atoms with Gasteiger partial charge in [-0.15, -0.1) is 0 Å². The molecule has 0 heterocycles. The zero-order valence-corrected chi connectivity index (χ0v) is 18.6. The summed E-state index contributed by atoms with van der Waals surface area (Å²) in [7, 11) is 0. The average Bonchev–Trinajstić information content (AvgIpc) is 2.47. The van der Waals surface area contributed by atoms with Gasteiger partial charge in [0.25, 0.3) is 0 Å². The summed E-state index contributed by atoms with van der Waals surface area (Å²) in [5.74, 6) is -7.56. The number of hydrogen-bond acceptors (Lipinski definition) is 9. The number of carbonyl (C=O) groups excluding carboxylic acids is 6. The van der Waals surface area contributed by atoms with E-state index >= 15 is 0 Å². The van der Waals surface area contributed by atoms with E-state index in [1.54, 1.807) is 20.8 Å². The first-order valence-corrected chi connectivity index (χ1v) is 8.42. The van der Waals surface area contributed by atoms with E-state index in [0.29, 0.717) is 19.3 Å². The summed E-state index contributed by atoms with van der Waals surface area (Å²) < 4.78 is 0. The second-order valence-corrected chi connectivity index (χ2v) is 5.67. The van der Waals surface area contributed by atoms with Crippen LogP contribution in [0.25, 0.3) is 0 Å². The molecule has 0 N–H and O–H groups in total. The molecular formula is C18H27O9Ti. The van der Waals surface area contributed by atoms with E-state index in [2.05, 4.69) is 0 Å². The molecule has 9 nitrogen and oxygen atoms in total. The fraction of sp³-hybridized carbons (Fsp3) is 0.667. The Labute approximate surface area is 179 Å². The van der Waals surface area contributed by atoms with E-state index in [1.807, 2.05) is 0 Å². The number of carboxylic acid groups (broad SMARTS) is 3. The van der Waals surface area contributed by atoms with Crippen LogP contribution in [0.2, 0.25) is 0 Å². The molecule has 3 unspecified atom stereocenters. The maximum Gasteiger partial charge on any atom is 3.00 e. The maximum atomic E-state index is 10.4. The Kier molecular flexibility index (Phi) is 22.3. The van der Waals surface area contributed by atoms with Crippen LogP contribution in [0.3, 0.4) is 0 Å². The van der Waals surface area contributed by atoms with E-state index in [1.165, 1.54) is 20.8 Å². The Morgan fingerprint density at radius 3 is 0.679 bits per heavy atom. The van der Waals surface area contributed by atoms with Gasteiger partial charge in [0, 0.05) is 0 Å². The molecule has 0 saturated heterocycles. The normalized spacial score (nSPS) is 12.2. The van der Waals surface area contributed by atoms with Gasteiger partial charge in [0.2, 0.25) is 0 Å². The number of carboxylic acids is 3. The van der Waals surface area contributed by atoms with Crippen LogP contribution < -0.4 is 15.3 Å². The van der Waals surface area contributed by atoms with Gasteiger partial charge in [0.1, 0.15) is 17.3 Å². The third kappa shape index (κ3) is 16.3. The van der Waals surface area contributed by atoms with E-state index in [9.17, 15) is 44.1 Å². The molecule has 0 aliphatic rings. The Morgan fingerprint density at radius 2 is 0.679 bits per heavy atom. The van der Waals surface area contributed by atoms with Crippen molar-refractivity contribution in [1.29, 1.82) is 0 Å². The summed E-state index contributed by atoms with van der Waals surface area (Å²) in [4.78, 5) is 61.3. The van der Waals surface area contributed by atoms with Crippen molar-refractivity contribution in [3.63, 3.8) is 0 Å². The van der Waals surface area contributed by atoms with Gasteiger partial charge in [-0.3, -0.25) is 14.4 Å². The summed E-state index contributed by atoms with van der Waals surface area (Å²) >= 11 is 0. The molecule has 0 bridgehead atoms. The fourth-order valence-electron chi connectivity index (χ4n) is 1.86. The predicted molar refractivity (Wildman–Crippen MR) is 88.4 cm³/mol. The van der Waals surface area contributed by atoms with Crippen molar-refractivity contribution in [3.8, 4) is 0 Å². The number of rotatable bonds is 9. The van der Waals surface area contributed by atoms with Crippen LogP contribution in [-0.4, -0.2) is 35.3 Å². The predicted octanol–water partition coefficient (Wildman–Crippen LogP) is -1.95. The summed E-state index contributed by atoms with van der Waals surface area (Å²) in [6.45, 7) is 8.68. The van der Waals surface area contributed by atoms with E-state index in [4.69, 9.17) is 0 Å². The van der Waals surface area contributed by atoms with Crippen LogP contribution in [0.15, 0.2) is 0 Å². The van der Waals surface area contributed by atoms with Crippen LogP contribution in [0.1, 0.15) is 60.8 Å². The molecule has 0 fully saturated rings. The topological polar surface area (TPSA) is 172 Å². The number of carbonyl (C=O) groups is 6. The van der Waals surface area contributed by atoms with Crippen molar-refractivity contribution in [1.82, 2.24) is 0 Å². The zero-order chi connectivity index (χ0) is 22.3. The van der Waals surface area contributed by atoms with E-state index in [0.717, 1.165) is 0 Å². The van der Waals surface area contributed by atoms with Gasteiger partial charge in [-0.25, -0.2) is 0 Å². The minimum Gasteiger partial charge on any atom is -0.549 e. The van der Waals surface area contributed by atoms with Crippen molar-refractivity contribution < 1.29 is 65.8 Å². The Bertz CT molecular complexity index is 425. The molecule has 0 aromatic heterocycles. The molecular weight excluding hydrogens is 408 g/mol. The molecule has 0 spiro atoms. The Hall–Kier alpha value is -1.87. The van der Waals surface area contributed by atoms with Gasteiger partial charge in [-0.1, -0.05) is 20.8 Å². The van der Waals surface area contributed by atoms with Gasteiger partial charge >= 0.3 is 21.7 Å². The van der Waals surface area contributed by atoms with E-state index in [-0.39, 0.29) is 39.1 Å². The largest absolute Gasteiger partial charge is 3.00 e. The van der Waals surface area contributed by atoms with Crippen molar-refractivity contribution in [2.45, 2.75) is 60.8 Å². The third-order valence-electron chi connectivity index (χ3n) is 3.55. The second-order valence-electron chi connectivity index (χ2n) is 5.67. The zero-order valence-electron chi connectivity index (χ0n) is 17.0. The first kappa shape index (κ1) is 33.7. The molecule has 0 aliphatic heterocycles. The van der Waals surface area contributed by atoms with Gasteiger partial charge in [0.05, 0.1) is 35.7 Å². The van der Waals surface area contributed by atoms with Gasteiger partial charge < -0.3 is 29.7 Å². The van der Waals surface area contributed by atoms with Gasteiger partial charge in [0.15, 0.2) is 0 Å². The first-order valence-electron chi connectivity index (χ1n) is 8.42. The SMILES string of the molecule is CCC(C(C)=O)C(=O)[O-].CCC(C(C)=O)C(=O)[O-].CCC(C(C)=O)C(=O)[O-].[Ti+3]. The maximum absolute atomic E-state index is 10.4. The Morgan fingerprint density at radius 1 is 0.536 bits per heavy atom. The molecule has 0 saturated carbocycles. The smallest absolute Gasteiger partial charge is 0.549 e. The quantitative estimate of drug-likeness (QED) is 0.295. The number of hydrogen-bond donors (Lipinski definition) is 0. The van der Waals surface area contributed by atoms with Crippen molar-refractivity contribution in [2.75, 3.05) is 0 Å². The van der Waals surface area contributed by atoms with Crippen LogP contribution in [0.5, 0.6) is 0 Å². The van der Waals surface area contributed by atoms with Crippen molar-refractivity contribution >= 4 is 35.3 Å². The summed E-state index contributed by atoms with van der Waals surface area (Å²) in [5, 5.41) is 30.1. The van der Waals surface area contributed by atoms with Gasteiger partial charge in [-0.2, -0.15) is 0 Å². The molecule has 0 rings (SSSR count). The molecule has 1 radical (unpaired) electrons. The average molecular weight is 435 g/mol. The monoisotopic (exact) mass is 435 g/mol. The fourth-order valence-corrected chi connectivity index (χ4v) is 1.86. The third-order valence-corrected chi connectivity index (χ3v) is 3.55. The van der Waals surface area contributed by atoms with Crippen molar-refractivity contribution in [2.24, 2.45) is 17.8 Å². The standard InChI is InChI=1S/3C6H10O3.Ti/c3*1-3-5(4(2)7)6(8)9;/h3*5H,3H2,1-2H3,(H,8,9);/q;;;+3/p-3. The first-order chi connectivity index (χ1) is 12.3.